The average Bonchev–Trinajstić information content (AvgIpc) is 3.24. The van der Waals surface area contributed by atoms with E-state index in [-0.39, 0.29) is 16.9 Å². The molecule has 0 aliphatic heterocycles. The SMILES string of the molecule is CCc1cc(-c2ccc(-c3ccn(-c4ccccc4)c(=O)c3C(N)=O)cc2F)c2c(N)ncnn12. The van der Waals surface area contributed by atoms with Gasteiger partial charge in [0.05, 0.1) is 0 Å². The number of primary amides is 1. The van der Waals surface area contributed by atoms with Crippen LogP contribution in [0, 0.1) is 5.82 Å². The van der Waals surface area contributed by atoms with Crippen LogP contribution in [0.2, 0.25) is 0 Å². The number of halogens is 1. The highest BCUT2D eigenvalue weighted by atomic mass is 19.1. The van der Waals surface area contributed by atoms with Gasteiger partial charge in [0.1, 0.15) is 23.2 Å². The van der Waals surface area contributed by atoms with Gasteiger partial charge in [-0.2, -0.15) is 5.10 Å². The Labute approximate surface area is 199 Å². The third-order valence-corrected chi connectivity index (χ3v) is 5.96. The molecule has 0 aliphatic carbocycles. The summed E-state index contributed by atoms with van der Waals surface area (Å²) in [5.41, 5.74) is 14.3. The van der Waals surface area contributed by atoms with Crippen molar-refractivity contribution in [1.82, 2.24) is 19.2 Å². The van der Waals surface area contributed by atoms with Gasteiger partial charge in [-0.05, 0) is 42.3 Å². The number of carbonyl (C=O) groups excluding carboxylic acids is 1. The zero-order valence-corrected chi connectivity index (χ0v) is 18.8. The number of rotatable bonds is 5. The molecular weight excluding hydrogens is 447 g/mol. The quantitative estimate of drug-likeness (QED) is 0.408. The van der Waals surface area contributed by atoms with E-state index in [2.05, 4.69) is 10.1 Å². The first-order chi connectivity index (χ1) is 16.9. The van der Waals surface area contributed by atoms with Crippen molar-refractivity contribution in [2.24, 2.45) is 5.73 Å². The molecule has 1 amide bonds. The van der Waals surface area contributed by atoms with E-state index in [1.54, 1.807) is 47.0 Å². The van der Waals surface area contributed by atoms with Crippen molar-refractivity contribution < 1.29 is 9.18 Å². The molecule has 0 spiro atoms. The molecule has 174 valence electrons. The van der Waals surface area contributed by atoms with Crippen molar-refractivity contribution in [3.63, 3.8) is 0 Å². The number of nitrogens with two attached hydrogens (primary N) is 2. The van der Waals surface area contributed by atoms with Crippen LogP contribution in [0.15, 0.2) is 78.0 Å². The maximum Gasteiger partial charge on any atom is 0.268 e. The number of aryl methyl sites for hydroxylation is 1. The highest BCUT2D eigenvalue weighted by Gasteiger charge is 2.21. The van der Waals surface area contributed by atoms with Gasteiger partial charge in [0.15, 0.2) is 5.82 Å². The zero-order valence-electron chi connectivity index (χ0n) is 18.8. The van der Waals surface area contributed by atoms with Crippen molar-refractivity contribution in [2.75, 3.05) is 5.73 Å². The first-order valence-electron chi connectivity index (χ1n) is 10.9. The van der Waals surface area contributed by atoms with Crippen LogP contribution in [-0.2, 0) is 6.42 Å². The van der Waals surface area contributed by atoms with Crippen LogP contribution >= 0.6 is 0 Å². The Kier molecular flexibility index (Phi) is 5.37. The number of hydrogen-bond acceptors (Lipinski definition) is 5. The summed E-state index contributed by atoms with van der Waals surface area (Å²) in [5, 5.41) is 4.24. The fourth-order valence-corrected chi connectivity index (χ4v) is 4.30. The molecule has 5 aromatic rings. The predicted octanol–water partition coefficient (Wildman–Crippen LogP) is 3.60. The first kappa shape index (κ1) is 22.0. The van der Waals surface area contributed by atoms with Crippen LogP contribution in [0.1, 0.15) is 23.0 Å². The van der Waals surface area contributed by atoms with Crippen LogP contribution in [0.5, 0.6) is 0 Å². The molecule has 0 fully saturated rings. The lowest BCUT2D eigenvalue weighted by atomic mass is 9.97. The normalized spacial score (nSPS) is 11.1. The number of anilines is 1. The number of fused-ring (bicyclic) bond motifs is 1. The fraction of sp³-hybridized carbons (Fsp3) is 0.0769. The van der Waals surface area contributed by atoms with Crippen LogP contribution in [0.4, 0.5) is 10.2 Å². The number of nitrogens with zero attached hydrogens (tertiary/aromatic N) is 4. The first-order valence-corrected chi connectivity index (χ1v) is 10.9. The molecule has 8 nitrogen and oxygen atoms in total. The second-order valence-electron chi connectivity index (χ2n) is 7.98. The maximum atomic E-state index is 15.5. The Bertz CT molecular complexity index is 1660. The van der Waals surface area contributed by atoms with Gasteiger partial charge in [-0.1, -0.05) is 37.3 Å². The highest BCUT2D eigenvalue weighted by Crippen LogP contribution is 2.34. The van der Waals surface area contributed by atoms with E-state index in [9.17, 15) is 9.59 Å². The van der Waals surface area contributed by atoms with Crippen LogP contribution in [-0.4, -0.2) is 25.1 Å². The Hall–Kier alpha value is -4.79. The number of hydrogen-bond donors (Lipinski definition) is 2. The minimum atomic E-state index is -0.893. The van der Waals surface area contributed by atoms with E-state index >= 15 is 4.39 Å². The predicted molar refractivity (Wildman–Crippen MR) is 132 cm³/mol. The number of para-hydroxylation sites is 1. The van der Waals surface area contributed by atoms with Gasteiger partial charge in [-0.3, -0.25) is 14.2 Å². The molecule has 0 unspecified atom stereocenters. The molecule has 2 aromatic carbocycles. The monoisotopic (exact) mass is 468 g/mol. The summed E-state index contributed by atoms with van der Waals surface area (Å²) in [4.78, 5) is 29.5. The molecule has 35 heavy (non-hydrogen) atoms. The molecule has 5 rings (SSSR count). The third-order valence-electron chi connectivity index (χ3n) is 5.96. The molecular formula is C26H21FN6O2. The molecule has 0 atom stereocenters. The summed E-state index contributed by atoms with van der Waals surface area (Å²) >= 11 is 0. The van der Waals surface area contributed by atoms with Gasteiger partial charge in [-0.25, -0.2) is 13.9 Å². The summed E-state index contributed by atoms with van der Waals surface area (Å²) in [6.07, 6.45) is 3.56. The summed E-state index contributed by atoms with van der Waals surface area (Å²) < 4.78 is 18.5. The van der Waals surface area contributed by atoms with E-state index in [1.165, 1.54) is 23.2 Å². The van der Waals surface area contributed by atoms with Gasteiger partial charge in [0.2, 0.25) is 0 Å². The highest BCUT2D eigenvalue weighted by molar-refractivity contribution is 6.00. The molecule has 0 aliphatic rings. The number of carbonyl (C=O) groups is 1. The van der Waals surface area contributed by atoms with Crippen molar-refractivity contribution in [1.29, 1.82) is 0 Å². The number of amides is 1. The summed E-state index contributed by atoms with van der Waals surface area (Å²) in [6.45, 7) is 1.96. The van der Waals surface area contributed by atoms with Gasteiger partial charge >= 0.3 is 0 Å². The van der Waals surface area contributed by atoms with Crippen molar-refractivity contribution >= 4 is 17.2 Å². The Morgan fingerprint density at radius 2 is 1.80 bits per heavy atom. The van der Waals surface area contributed by atoms with E-state index < -0.39 is 17.3 Å². The minimum absolute atomic E-state index is 0.219. The zero-order chi connectivity index (χ0) is 24.7. The third kappa shape index (κ3) is 3.63. The summed E-state index contributed by atoms with van der Waals surface area (Å²) in [7, 11) is 0. The Morgan fingerprint density at radius 3 is 2.49 bits per heavy atom. The molecule has 4 N–H and O–H groups in total. The van der Waals surface area contributed by atoms with Crippen LogP contribution in [0.25, 0.3) is 33.5 Å². The Balaban J connectivity index is 1.66. The number of nitrogen functional groups attached to an aromatic ring is 1. The van der Waals surface area contributed by atoms with Gasteiger partial charge in [0, 0.05) is 34.3 Å². The largest absolute Gasteiger partial charge is 0.382 e. The number of benzene rings is 2. The standard InChI is InChI=1S/C26H21FN6O2/c1-2-16-13-20(23-24(28)30-14-31-33(16)23)19-9-8-15(12-21(19)27)18-10-11-32(17-6-4-3-5-7-17)26(35)22(18)25(29)34/h3-14H,2H2,1H3,(H2,29,34)(H2,28,30,31). The Morgan fingerprint density at radius 1 is 1.03 bits per heavy atom. The maximum absolute atomic E-state index is 15.5. The van der Waals surface area contributed by atoms with Crippen LogP contribution < -0.4 is 17.0 Å². The molecule has 0 bridgehead atoms. The van der Waals surface area contributed by atoms with Gasteiger partial charge in [0.25, 0.3) is 11.5 Å². The number of aromatic nitrogens is 4. The summed E-state index contributed by atoms with van der Waals surface area (Å²) in [6, 6.07) is 16.8. The van der Waals surface area contributed by atoms with Crippen molar-refractivity contribution in [2.45, 2.75) is 13.3 Å². The van der Waals surface area contributed by atoms with Gasteiger partial charge in [-0.15, -0.1) is 0 Å². The second kappa shape index (κ2) is 8.53. The molecule has 0 saturated carbocycles. The topological polar surface area (TPSA) is 121 Å². The van der Waals surface area contributed by atoms with Crippen molar-refractivity contribution in [3.05, 3.63) is 101 Å². The van der Waals surface area contributed by atoms with E-state index in [0.29, 0.717) is 34.3 Å². The second-order valence-corrected chi connectivity index (χ2v) is 7.98. The fourth-order valence-electron chi connectivity index (χ4n) is 4.30. The van der Waals surface area contributed by atoms with Crippen molar-refractivity contribution in [3.8, 4) is 27.9 Å². The lowest BCUT2D eigenvalue weighted by molar-refractivity contribution is 0.0999. The lowest BCUT2D eigenvalue weighted by Gasteiger charge is -2.12. The smallest absolute Gasteiger partial charge is 0.268 e. The van der Waals surface area contributed by atoms with Crippen LogP contribution in [0.3, 0.4) is 0 Å². The molecule has 3 heterocycles. The van der Waals surface area contributed by atoms with E-state index in [0.717, 1.165) is 5.69 Å². The minimum Gasteiger partial charge on any atom is -0.382 e. The molecule has 3 aromatic heterocycles. The molecule has 0 radical (unpaired) electrons. The average molecular weight is 468 g/mol. The van der Waals surface area contributed by atoms with E-state index in [1.807, 2.05) is 19.1 Å². The summed E-state index contributed by atoms with van der Waals surface area (Å²) in [5.74, 6) is -1.21. The van der Waals surface area contributed by atoms with E-state index in [4.69, 9.17) is 11.5 Å². The van der Waals surface area contributed by atoms with Gasteiger partial charge < -0.3 is 11.5 Å². The lowest BCUT2D eigenvalue weighted by Crippen LogP contribution is -2.29. The molecule has 9 heteroatoms. The number of pyridine rings is 1. The molecule has 0 saturated heterocycles.